The maximum absolute atomic E-state index is 12.9. The number of nitrogens with one attached hydrogen (secondary N) is 2. The molecular formula is C37H33ClN2O2. The molecule has 0 aliphatic heterocycles. The van der Waals surface area contributed by atoms with Crippen molar-refractivity contribution in [1.29, 1.82) is 0 Å². The zero-order chi connectivity index (χ0) is 28.9. The topological polar surface area (TPSA) is 50.4 Å². The summed E-state index contributed by atoms with van der Waals surface area (Å²) in [5.41, 5.74) is 8.32. The quantitative estimate of drug-likeness (QED) is 0.139. The first-order valence-electron chi connectivity index (χ1n) is 14.3. The Balaban J connectivity index is 1.18. The predicted octanol–water partition coefficient (Wildman–Crippen LogP) is 8.07. The summed E-state index contributed by atoms with van der Waals surface area (Å²) in [6, 6.07) is 43.4. The molecule has 6 rings (SSSR count). The van der Waals surface area contributed by atoms with Gasteiger partial charge in [0.1, 0.15) is 6.61 Å². The maximum Gasteiger partial charge on any atom is 0.407 e. The lowest BCUT2D eigenvalue weighted by Crippen LogP contribution is -2.47. The number of hydrogen-bond acceptors (Lipinski definition) is 3. The van der Waals surface area contributed by atoms with Gasteiger partial charge in [0.05, 0.1) is 5.54 Å². The lowest BCUT2D eigenvalue weighted by atomic mass is 9.76. The van der Waals surface area contributed by atoms with Crippen LogP contribution in [0.15, 0.2) is 127 Å². The van der Waals surface area contributed by atoms with Gasteiger partial charge < -0.3 is 10.1 Å². The maximum atomic E-state index is 12.9. The molecule has 4 nitrogen and oxygen atoms in total. The van der Waals surface area contributed by atoms with E-state index in [1.165, 1.54) is 27.8 Å². The molecule has 1 aliphatic rings. The summed E-state index contributed by atoms with van der Waals surface area (Å²) in [6.45, 7) is 3.22. The monoisotopic (exact) mass is 572 g/mol. The van der Waals surface area contributed by atoms with Crippen LogP contribution in [-0.2, 0) is 10.3 Å². The second kappa shape index (κ2) is 12.2. The highest BCUT2D eigenvalue weighted by Crippen LogP contribution is 2.44. The van der Waals surface area contributed by atoms with E-state index in [0.717, 1.165) is 16.7 Å². The first kappa shape index (κ1) is 27.8. The molecule has 1 aliphatic carbocycles. The number of carbonyl (C=O) groups excluding carboxylic acids is 1. The van der Waals surface area contributed by atoms with Crippen molar-refractivity contribution in [3.8, 4) is 11.1 Å². The van der Waals surface area contributed by atoms with Crippen molar-refractivity contribution >= 4 is 17.7 Å². The number of fused-ring (bicyclic) bond motifs is 3. The minimum atomic E-state index is -0.726. The molecule has 1 amide bonds. The molecule has 42 heavy (non-hydrogen) atoms. The largest absolute Gasteiger partial charge is 0.449 e. The fourth-order valence-corrected chi connectivity index (χ4v) is 6.38. The van der Waals surface area contributed by atoms with Crippen LogP contribution in [0.4, 0.5) is 4.79 Å². The van der Waals surface area contributed by atoms with Gasteiger partial charge in [-0.25, -0.2) is 4.79 Å². The third-order valence-electron chi connectivity index (χ3n) is 8.10. The second-order valence-corrected chi connectivity index (χ2v) is 11.0. The molecule has 0 heterocycles. The smallest absolute Gasteiger partial charge is 0.407 e. The Hall–Kier alpha value is -4.38. The van der Waals surface area contributed by atoms with E-state index in [1.54, 1.807) is 0 Å². The second-order valence-electron chi connectivity index (χ2n) is 10.6. The van der Waals surface area contributed by atoms with Gasteiger partial charge in [-0.3, -0.25) is 5.32 Å². The van der Waals surface area contributed by atoms with Crippen LogP contribution in [0.25, 0.3) is 11.1 Å². The van der Waals surface area contributed by atoms with Crippen LogP contribution >= 0.6 is 11.6 Å². The van der Waals surface area contributed by atoms with Gasteiger partial charge in [-0.1, -0.05) is 138 Å². The number of alkyl carbamates (subject to hydrolysis) is 1. The zero-order valence-electron chi connectivity index (χ0n) is 23.5. The molecule has 0 spiro atoms. The molecule has 5 heteroatoms. The van der Waals surface area contributed by atoms with E-state index in [4.69, 9.17) is 16.3 Å². The average molecular weight is 573 g/mol. The summed E-state index contributed by atoms with van der Waals surface area (Å²) >= 11 is 6.85. The molecule has 1 unspecified atom stereocenters. The summed E-state index contributed by atoms with van der Waals surface area (Å²) in [5.74, 6) is 0.0220. The van der Waals surface area contributed by atoms with Gasteiger partial charge >= 0.3 is 6.09 Å². The number of amides is 1. The van der Waals surface area contributed by atoms with Gasteiger partial charge in [-0.05, 0) is 51.9 Å². The van der Waals surface area contributed by atoms with Crippen LogP contribution in [0.5, 0.6) is 0 Å². The van der Waals surface area contributed by atoms with Crippen LogP contribution in [0, 0.1) is 6.92 Å². The Kier molecular flexibility index (Phi) is 8.09. The van der Waals surface area contributed by atoms with Gasteiger partial charge in [0.2, 0.25) is 0 Å². The van der Waals surface area contributed by atoms with Crippen molar-refractivity contribution in [2.75, 3.05) is 19.7 Å². The highest BCUT2D eigenvalue weighted by molar-refractivity contribution is 6.31. The SMILES string of the molecule is Cc1ccc(C(NCCNC(=O)OCC2c3ccccc3-c3ccccc32)(c2ccccc2)c2ccccc2Cl)cc1. The summed E-state index contributed by atoms with van der Waals surface area (Å²) in [7, 11) is 0. The predicted molar refractivity (Wildman–Crippen MR) is 170 cm³/mol. The summed E-state index contributed by atoms with van der Waals surface area (Å²) in [6.07, 6.45) is -0.433. The molecule has 5 aromatic rings. The van der Waals surface area contributed by atoms with E-state index >= 15 is 0 Å². The van der Waals surface area contributed by atoms with Crippen LogP contribution in [0.1, 0.15) is 39.3 Å². The Morgan fingerprint density at radius 3 is 1.95 bits per heavy atom. The Morgan fingerprint density at radius 2 is 1.29 bits per heavy atom. The molecule has 1 atom stereocenters. The Morgan fingerprint density at radius 1 is 0.714 bits per heavy atom. The van der Waals surface area contributed by atoms with E-state index in [0.29, 0.717) is 18.1 Å². The molecule has 2 N–H and O–H groups in total. The third kappa shape index (κ3) is 5.32. The molecule has 0 saturated carbocycles. The van der Waals surface area contributed by atoms with Crippen LogP contribution < -0.4 is 10.6 Å². The highest BCUT2D eigenvalue weighted by atomic mass is 35.5. The molecule has 0 saturated heterocycles. The van der Waals surface area contributed by atoms with E-state index in [9.17, 15) is 4.79 Å². The van der Waals surface area contributed by atoms with Crippen molar-refractivity contribution in [3.63, 3.8) is 0 Å². The van der Waals surface area contributed by atoms with Crippen molar-refractivity contribution < 1.29 is 9.53 Å². The highest BCUT2D eigenvalue weighted by Gasteiger charge is 2.37. The molecule has 210 valence electrons. The van der Waals surface area contributed by atoms with Gasteiger partial charge in [0, 0.05) is 24.0 Å². The van der Waals surface area contributed by atoms with Gasteiger partial charge in [-0.15, -0.1) is 0 Å². The Labute approximate surface area is 252 Å². The standard InChI is InChI=1S/C37H33ClN2O2/c1-26-19-21-28(22-20-26)37(27-11-3-2-4-12-27,34-17-9-10-18-35(34)38)40-24-23-39-36(41)42-25-33-31-15-7-5-13-29(31)30-14-6-8-16-32(30)33/h2-22,33,40H,23-25H2,1H3,(H,39,41). The van der Waals surface area contributed by atoms with Crippen LogP contribution in [0.2, 0.25) is 5.02 Å². The van der Waals surface area contributed by atoms with E-state index in [2.05, 4.69) is 84.3 Å². The summed E-state index contributed by atoms with van der Waals surface area (Å²) < 4.78 is 5.76. The van der Waals surface area contributed by atoms with Crippen molar-refractivity contribution in [2.24, 2.45) is 0 Å². The minimum absolute atomic E-state index is 0.0220. The number of carbonyl (C=O) groups is 1. The minimum Gasteiger partial charge on any atom is -0.449 e. The van der Waals surface area contributed by atoms with Crippen LogP contribution in [0.3, 0.4) is 0 Å². The number of benzene rings is 5. The molecule has 0 bridgehead atoms. The first-order valence-corrected chi connectivity index (χ1v) is 14.7. The summed E-state index contributed by atoms with van der Waals surface area (Å²) in [5, 5.41) is 7.38. The van der Waals surface area contributed by atoms with E-state index < -0.39 is 11.6 Å². The van der Waals surface area contributed by atoms with Gasteiger partial charge in [-0.2, -0.15) is 0 Å². The molecule has 0 fully saturated rings. The van der Waals surface area contributed by atoms with Gasteiger partial charge in [0.25, 0.3) is 0 Å². The molecule has 0 radical (unpaired) electrons. The number of aryl methyl sites for hydroxylation is 1. The fourth-order valence-electron chi connectivity index (χ4n) is 6.10. The molecular weight excluding hydrogens is 540 g/mol. The van der Waals surface area contributed by atoms with Gasteiger partial charge in [0.15, 0.2) is 0 Å². The van der Waals surface area contributed by atoms with Crippen LogP contribution in [-0.4, -0.2) is 25.8 Å². The number of halogens is 1. The zero-order valence-corrected chi connectivity index (χ0v) is 24.3. The average Bonchev–Trinajstić information content (AvgIpc) is 3.35. The molecule has 0 aromatic heterocycles. The lowest BCUT2D eigenvalue weighted by Gasteiger charge is -2.38. The molecule has 5 aromatic carbocycles. The van der Waals surface area contributed by atoms with E-state index in [1.807, 2.05) is 60.7 Å². The first-order chi connectivity index (χ1) is 20.6. The fraction of sp³-hybridized carbons (Fsp3) is 0.162. The normalized spacial score (nSPS) is 13.6. The van der Waals surface area contributed by atoms with Crippen molar-refractivity contribution in [2.45, 2.75) is 18.4 Å². The third-order valence-corrected chi connectivity index (χ3v) is 8.43. The number of rotatable bonds is 9. The van der Waals surface area contributed by atoms with Crippen molar-refractivity contribution in [1.82, 2.24) is 10.6 Å². The lowest BCUT2D eigenvalue weighted by molar-refractivity contribution is 0.143. The van der Waals surface area contributed by atoms with E-state index in [-0.39, 0.29) is 12.5 Å². The Bertz CT molecular complexity index is 1640. The van der Waals surface area contributed by atoms with Crippen molar-refractivity contribution in [3.05, 3.63) is 166 Å². The number of hydrogen-bond donors (Lipinski definition) is 2. The summed E-state index contributed by atoms with van der Waals surface area (Å²) in [4.78, 5) is 12.9. The number of ether oxygens (including phenoxy) is 1.